The molecule has 3 heterocycles. The number of nitrogens with zero attached hydrogens (tertiary/aromatic N) is 4. The lowest BCUT2D eigenvalue weighted by molar-refractivity contribution is -0.148. The Morgan fingerprint density at radius 3 is 2.78 bits per heavy atom. The van der Waals surface area contributed by atoms with Gasteiger partial charge < -0.3 is 15.0 Å². The van der Waals surface area contributed by atoms with Crippen molar-refractivity contribution in [3.63, 3.8) is 0 Å². The second-order valence-corrected chi connectivity index (χ2v) is 8.74. The van der Waals surface area contributed by atoms with Gasteiger partial charge in [-0.3, -0.25) is 9.59 Å². The van der Waals surface area contributed by atoms with E-state index in [-0.39, 0.29) is 18.2 Å². The molecule has 1 aliphatic heterocycles. The van der Waals surface area contributed by atoms with E-state index in [2.05, 4.69) is 15.4 Å². The van der Waals surface area contributed by atoms with Gasteiger partial charge in [-0.25, -0.2) is 18.4 Å². The minimum absolute atomic E-state index is 0.00430. The minimum Gasteiger partial charge on any atom is -0.487 e. The van der Waals surface area contributed by atoms with E-state index in [1.807, 2.05) is 6.07 Å². The van der Waals surface area contributed by atoms with Crippen LogP contribution in [-0.2, 0) is 22.7 Å². The molecule has 2 aromatic carbocycles. The third kappa shape index (κ3) is 4.59. The van der Waals surface area contributed by atoms with E-state index in [1.165, 1.54) is 27.9 Å². The van der Waals surface area contributed by atoms with Crippen LogP contribution < -0.4 is 10.1 Å². The minimum atomic E-state index is -0.702. The molecule has 184 valence electrons. The van der Waals surface area contributed by atoms with Crippen molar-refractivity contribution >= 4 is 34.3 Å². The van der Waals surface area contributed by atoms with Crippen LogP contribution in [0.2, 0.25) is 5.02 Å². The molecule has 1 fully saturated rings. The van der Waals surface area contributed by atoms with Crippen molar-refractivity contribution in [3.05, 3.63) is 82.3 Å². The first-order valence-corrected chi connectivity index (χ1v) is 11.5. The smallest absolute Gasteiger partial charge is 0.312 e. The summed E-state index contributed by atoms with van der Waals surface area (Å²) in [6.45, 7) is 2.37. The number of ether oxygens (including phenoxy) is 1. The van der Waals surface area contributed by atoms with Crippen LogP contribution in [0.1, 0.15) is 16.8 Å². The highest BCUT2D eigenvalue weighted by atomic mass is 35.5. The largest absolute Gasteiger partial charge is 0.487 e. The van der Waals surface area contributed by atoms with Crippen LogP contribution in [0.4, 0.5) is 8.78 Å². The molecule has 0 bridgehead atoms. The van der Waals surface area contributed by atoms with Crippen LogP contribution in [0.5, 0.6) is 5.75 Å². The van der Waals surface area contributed by atoms with Gasteiger partial charge in [-0.2, -0.15) is 5.10 Å². The van der Waals surface area contributed by atoms with Gasteiger partial charge in [-0.15, -0.1) is 0 Å². The molecular weight excluding hydrogens is 492 g/mol. The quantitative estimate of drug-likeness (QED) is 0.399. The van der Waals surface area contributed by atoms with Gasteiger partial charge >= 0.3 is 11.8 Å². The zero-order valence-corrected chi connectivity index (χ0v) is 19.9. The topological polar surface area (TPSA) is 89.4 Å². The molecule has 0 atom stereocenters. The van der Waals surface area contributed by atoms with Crippen LogP contribution in [0.3, 0.4) is 0 Å². The number of piperazine rings is 1. The highest BCUT2D eigenvalue weighted by molar-refractivity contribution is 6.35. The number of amides is 2. The number of para-hydroxylation sites is 1. The van der Waals surface area contributed by atoms with E-state index >= 15 is 0 Å². The SMILES string of the molecule is Cc1cc(-n2cc(F)cn2)c2cccc(OCc3c(Cl)cc(F)cc3CN3CCNC(=O)C3=O)c2n1. The molecule has 5 rings (SSSR count). The summed E-state index contributed by atoms with van der Waals surface area (Å²) < 4.78 is 35.3. The third-order valence-electron chi connectivity index (χ3n) is 5.84. The van der Waals surface area contributed by atoms with Crippen molar-refractivity contribution in [1.29, 1.82) is 0 Å². The van der Waals surface area contributed by atoms with Gasteiger partial charge in [-0.05, 0) is 36.8 Å². The molecule has 8 nitrogen and oxygen atoms in total. The molecule has 0 radical (unpaired) electrons. The lowest BCUT2D eigenvalue weighted by atomic mass is 10.1. The van der Waals surface area contributed by atoms with E-state index in [0.29, 0.717) is 52.3 Å². The molecular formula is C25H20ClF2N5O3. The number of nitrogens with one attached hydrogen (secondary N) is 1. The Bertz CT molecular complexity index is 1510. The zero-order valence-electron chi connectivity index (χ0n) is 19.1. The van der Waals surface area contributed by atoms with Crippen LogP contribution >= 0.6 is 11.6 Å². The monoisotopic (exact) mass is 511 g/mol. The first-order chi connectivity index (χ1) is 17.3. The number of hydrogen-bond acceptors (Lipinski definition) is 5. The Balaban J connectivity index is 1.48. The summed E-state index contributed by atoms with van der Waals surface area (Å²) in [7, 11) is 0. The number of fused-ring (bicyclic) bond motifs is 1. The van der Waals surface area contributed by atoms with Gasteiger partial charge in [0.2, 0.25) is 0 Å². The van der Waals surface area contributed by atoms with Crippen LogP contribution in [0, 0.1) is 18.6 Å². The first-order valence-electron chi connectivity index (χ1n) is 11.1. The molecule has 1 aliphatic rings. The standard InChI is InChI=1S/C25H20ClF2N5O3/c1-14-7-21(33-12-17(28)10-30-33)18-3-2-4-22(23(18)31-14)36-13-19-15(8-16(27)9-20(19)26)11-32-6-5-29-24(34)25(32)35/h2-4,7-10,12H,5-6,11,13H2,1H3,(H,29,34). The molecule has 1 N–H and O–H groups in total. The van der Waals surface area contributed by atoms with Gasteiger partial charge in [0.1, 0.15) is 23.7 Å². The number of rotatable bonds is 6. The summed E-state index contributed by atoms with van der Waals surface area (Å²) in [6, 6.07) is 9.57. The van der Waals surface area contributed by atoms with E-state index in [4.69, 9.17) is 16.3 Å². The van der Waals surface area contributed by atoms with Gasteiger partial charge in [0.25, 0.3) is 0 Å². The van der Waals surface area contributed by atoms with Crippen molar-refractivity contribution < 1.29 is 23.1 Å². The van der Waals surface area contributed by atoms with Crippen molar-refractivity contribution in [2.75, 3.05) is 13.1 Å². The molecule has 2 amide bonds. The average Bonchev–Trinajstić information content (AvgIpc) is 3.27. The maximum absolute atomic E-state index is 14.2. The number of aryl methyl sites for hydroxylation is 1. The molecule has 11 heteroatoms. The molecule has 1 saturated heterocycles. The summed E-state index contributed by atoms with van der Waals surface area (Å²) in [6.07, 6.45) is 2.39. The lowest BCUT2D eigenvalue weighted by Crippen LogP contribution is -2.51. The number of pyridine rings is 1. The predicted octanol–water partition coefficient (Wildman–Crippen LogP) is 3.70. The Hall–Kier alpha value is -4.05. The number of aromatic nitrogens is 3. The van der Waals surface area contributed by atoms with Crippen LogP contribution in [0.15, 0.2) is 48.8 Å². The fourth-order valence-electron chi connectivity index (χ4n) is 4.16. The molecule has 0 spiro atoms. The number of carbonyl (C=O) groups excluding carboxylic acids is 2. The summed E-state index contributed by atoms with van der Waals surface area (Å²) in [5.74, 6) is -1.99. The summed E-state index contributed by atoms with van der Waals surface area (Å²) in [5.41, 5.74) is 2.75. The van der Waals surface area contributed by atoms with E-state index in [0.717, 1.165) is 6.20 Å². The van der Waals surface area contributed by atoms with Crippen LogP contribution in [0.25, 0.3) is 16.6 Å². The molecule has 4 aromatic rings. The summed E-state index contributed by atoms with van der Waals surface area (Å²) in [5, 5.41) is 7.37. The van der Waals surface area contributed by atoms with Crippen molar-refractivity contribution in [2.24, 2.45) is 0 Å². The van der Waals surface area contributed by atoms with E-state index in [1.54, 1.807) is 25.1 Å². The Morgan fingerprint density at radius 2 is 2.00 bits per heavy atom. The summed E-state index contributed by atoms with van der Waals surface area (Å²) >= 11 is 6.37. The summed E-state index contributed by atoms with van der Waals surface area (Å²) in [4.78, 5) is 29.9. The van der Waals surface area contributed by atoms with E-state index in [9.17, 15) is 18.4 Å². The number of halogens is 3. The lowest BCUT2D eigenvalue weighted by Gasteiger charge is -2.27. The third-order valence-corrected chi connectivity index (χ3v) is 6.18. The first kappa shape index (κ1) is 23.7. The molecule has 0 aliphatic carbocycles. The number of carbonyl (C=O) groups is 2. The van der Waals surface area contributed by atoms with E-state index < -0.39 is 23.4 Å². The second kappa shape index (κ2) is 9.54. The van der Waals surface area contributed by atoms with Crippen LogP contribution in [-0.4, -0.2) is 44.6 Å². The molecule has 36 heavy (non-hydrogen) atoms. The van der Waals surface area contributed by atoms with Gasteiger partial charge in [-0.1, -0.05) is 23.7 Å². The number of hydrogen-bond donors (Lipinski definition) is 1. The fraction of sp³-hybridized carbons (Fsp3) is 0.200. The average molecular weight is 512 g/mol. The maximum Gasteiger partial charge on any atom is 0.312 e. The van der Waals surface area contributed by atoms with Gasteiger partial charge in [0.15, 0.2) is 5.82 Å². The van der Waals surface area contributed by atoms with Gasteiger partial charge in [0.05, 0.1) is 23.1 Å². The molecule has 0 unspecified atom stereocenters. The second-order valence-electron chi connectivity index (χ2n) is 8.33. The van der Waals surface area contributed by atoms with Crippen molar-refractivity contribution in [1.82, 2.24) is 25.0 Å². The Kier molecular flexibility index (Phi) is 6.27. The highest BCUT2D eigenvalue weighted by Crippen LogP contribution is 2.31. The molecule has 0 saturated carbocycles. The van der Waals surface area contributed by atoms with Crippen molar-refractivity contribution in [2.45, 2.75) is 20.1 Å². The Labute approximate surface area is 209 Å². The number of benzene rings is 2. The zero-order chi connectivity index (χ0) is 25.4. The van der Waals surface area contributed by atoms with Crippen molar-refractivity contribution in [3.8, 4) is 11.4 Å². The predicted molar refractivity (Wildman–Crippen MR) is 128 cm³/mol. The maximum atomic E-state index is 14.2. The normalized spacial score (nSPS) is 13.8. The van der Waals surface area contributed by atoms with Gasteiger partial charge in [0, 0.05) is 36.3 Å². The molecule has 2 aromatic heterocycles. The highest BCUT2D eigenvalue weighted by Gasteiger charge is 2.27. The fourth-order valence-corrected chi connectivity index (χ4v) is 4.44. The Morgan fingerprint density at radius 1 is 1.17 bits per heavy atom.